The van der Waals surface area contributed by atoms with E-state index in [0.717, 1.165) is 12.3 Å². The molecule has 0 spiro atoms. The predicted octanol–water partition coefficient (Wildman–Crippen LogP) is 2.55. The molecule has 1 amide bonds. The van der Waals surface area contributed by atoms with Gasteiger partial charge >= 0.3 is 6.18 Å². The van der Waals surface area contributed by atoms with Crippen LogP contribution in [0.4, 0.5) is 24.8 Å². The summed E-state index contributed by atoms with van der Waals surface area (Å²) in [7, 11) is 0. The third-order valence-electron chi connectivity index (χ3n) is 4.32. The predicted molar refractivity (Wildman–Crippen MR) is 92.4 cm³/mol. The number of nitrogens with zero attached hydrogens (tertiary/aromatic N) is 4. The fourth-order valence-corrected chi connectivity index (χ4v) is 2.83. The van der Waals surface area contributed by atoms with Gasteiger partial charge in [-0.15, -0.1) is 0 Å². The van der Waals surface area contributed by atoms with Crippen molar-refractivity contribution >= 4 is 17.5 Å². The second-order valence-corrected chi connectivity index (χ2v) is 6.35. The Balaban J connectivity index is 1.43. The maximum Gasteiger partial charge on any atom is 0.417 e. The van der Waals surface area contributed by atoms with Crippen molar-refractivity contribution in [3.63, 3.8) is 0 Å². The standard InChI is InChI=1S/C17H20F3N5O2/c1-12-10-14(23-27-12)22-16(26)4-5-24-6-8-25(9-7-24)15-3-2-13(11-21-15)17(18,19)20/h2-3,10-11H,4-9H2,1H3,(H,22,23,26). The Morgan fingerprint density at radius 3 is 2.56 bits per heavy atom. The van der Waals surface area contributed by atoms with Crippen molar-refractivity contribution < 1.29 is 22.5 Å². The first-order valence-corrected chi connectivity index (χ1v) is 8.55. The van der Waals surface area contributed by atoms with Crippen molar-refractivity contribution in [2.75, 3.05) is 42.9 Å². The summed E-state index contributed by atoms with van der Waals surface area (Å²) in [6.45, 7) is 5.04. The van der Waals surface area contributed by atoms with Crippen LogP contribution in [0.2, 0.25) is 0 Å². The van der Waals surface area contributed by atoms with Crippen molar-refractivity contribution in [2.45, 2.75) is 19.5 Å². The summed E-state index contributed by atoms with van der Waals surface area (Å²) in [5.41, 5.74) is -0.752. The van der Waals surface area contributed by atoms with Crippen LogP contribution in [0.25, 0.3) is 0 Å². The molecule has 1 N–H and O–H groups in total. The zero-order valence-corrected chi connectivity index (χ0v) is 14.8. The Morgan fingerprint density at radius 2 is 2.00 bits per heavy atom. The van der Waals surface area contributed by atoms with Crippen LogP contribution >= 0.6 is 0 Å². The number of carbonyl (C=O) groups excluding carboxylic acids is 1. The Hall–Kier alpha value is -2.62. The first-order chi connectivity index (χ1) is 12.8. The highest BCUT2D eigenvalue weighted by Crippen LogP contribution is 2.29. The molecule has 7 nitrogen and oxygen atoms in total. The van der Waals surface area contributed by atoms with E-state index in [0.29, 0.717) is 56.5 Å². The molecule has 0 aliphatic carbocycles. The molecule has 1 fully saturated rings. The molecule has 1 aliphatic rings. The lowest BCUT2D eigenvalue weighted by atomic mass is 10.2. The van der Waals surface area contributed by atoms with Crippen LogP contribution in [0.15, 0.2) is 28.9 Å². The number of alkyl halides is 3. The number of amides is 1. The van der Waals surface area contributed by atoms with Gasteiger partial charge in [-0.05, 0) is 19.1 Å². The van der Waals surface area contributed by atoms with E-state index in [9.17, 15) is 18.0 Å². The largest absolute Gasteiger partial charge is 0.417 e. The van der Waals surface area contributed by atoms with Gasteiger partial charge in [-0.3, -0.25) is 9.69 Å². The molecule has 0 bridgehead atoms. The van der Waals surface area contributed by atoms with Gasteiger partial charge < -0.3 is 14.7 Å². The number of pyridine rings is 1. The summed E-state index contributed by atoms with van der Waals surface area (Å²) >= 11 is 0. The van der Waals surface area contributed by atoms with Crippen LogP contribution in [0.5, 0.6) is 0 Å². The molecule has 1 aliphatic heterocycles. The van der Waals surface area contributed by atoms with Gasteiger partial charge in [0.1, 0.15) is 11.6 Å². The van der Waals surface area contributed by atoms with Gasteiger partial charge in [-0.25, -0.2) is 4.98 Å². The maximum atomic E-state index is 12.6. The van der Waals surface area contributed by atoms with Gasteiger partial charge in [-0.2, -0.15) is 13.2 Å². The van der Waals surface area contributed by atoms with Crippen LogP contribution in [0, 0.1) is 6.92 Å². The smallest absolute Gasteiger partial charge is 0.360 e. The quantitative estimate of drug-likeness (QED) is 0.855. The summed E-state index contributed by atoms with van der Waals surface area (Å²) in [6, 6.07) is 4.09. The Morgan fingerprint density at radius 1 is 1.26 bits per heavy atom. The summed E-state index contributed by atoms with van der Waals surface area (Å²) in [6.07, 6.45) is -3.20. The zero-order chi connectivity index (χ0) is 19.4. The van der Waals surface area contributed by atoms with Crippen molar-refractivity contribution in [3.8, 4) is 0 Å². The summed E-state index contributed by atoms with van der Waals surface area (Å²) < 4.78 is 42.7. The first-order valence-electron chi connectivity index (χ1n) is 8.55. The van der Waals surface area contributed by atoms with Crippen molar-refractivity contribution in [2.24, 2.45) is 0 Å². The molecule has 1 saturated heterocycles. The number of hydrogen-bond donors (Lipinski definition) is 1. The third kappa shape index (κ3) is 5.19. The Kier molecular flexibility index (Phi) is 5.64. The number of aryl methyl sites for hydroxylation is 1. The molecular weight excluding hydrogens is 363 g/mol. The number of carbonyl (C=O) groups is 1. The number of anilines is 2. The van der Waals surface area contributed by atoms with E-state index in [4.69, 9.17) is 4.52 Å². The van der Waals surface area contributed by atoms with Gasteiger partial charge in [0.15, 0.2) is 5.82 Å². The normalized spacial score (nSPS) is 15.8. The highest BCUT2D eigenvalue weighted by Gasteiger charge is 2.31. The van der Waals surface area contributed by atoms with Crippen LogP contribution in [-0.2, 0) is 11.0 Å². The second kappa shape index (κ2) is 7.95. The van der Waals surface area contributed by atoms with E-state index < -0.39 is 11.7 Å². The second-order valence-electron chi connectivity index (χ2n) is 6.35. The van der Waals surface area contributed by atoms with Gasteiger partial charge in [0, 0.05) is 51.4 Å². The Labute approximate surface area is 154 Å². The number of halogens is 3. The van der Waals surface area contributed by atoms with Crippen LogP contribution in [0.1, 0.15) is 17.7 Å². The van der Waals surface area contributed by atoms with Gasteiger partial charge in [0.2, 0.25) is 5.91 Å². The first kappa shape index (κ1) is 19.2. The molecule has 3 heterocycles. The van der Waals surface area contributed by atoms with Gasteiger partial charge in [-0.1, -0.05) is 5.16 Å². The number of hydrogen-bond acceptors (Lipinski definition) is 6. The lowest BCUT2D eigenvalue weighted by Gasteiger charge is -2.35. The molecule has 10 heteroatoms. The molecule has 0 saturated carbocycles. The van der Waals surface area contributed by atoms with Crippen LogP contribution in [-0.4, -0.2) is 53.7 Å². The third-order valence-corrected chi connectivity index (χ3v) is 4.32. The zero-order valence-electron chi connectivity index (χ0n) is 14.8. The SMILES string of the molecule is Cc1cc(NC(=O)CCN2CCN(c3ccc(C(F)(F)F)cn3)CC2)no1. The average Bonchev–Trinajstić information content (AvgIpc) is 3.04. The van der Waals surface area contributed by atoms with Crippen LogP contribution < -0.4 is 10.2 Å². The molecule has 0 unspecified atom stereocenters. The van der Waals surface area contributed by atoms with E-state index in [1.165, 1.54) is 6.07 Å². The Bertz CT molecular complexity index is 768. The van der Waals surface area contributed by atoms with Crippen molar-refractivity contribution in [1.82, 2.24) is 15.0 Å². The maximum absolute atomic E-state index is 12.6. The summed E-state index contributed by atoms with van der Waals surface area (Å²) in [5.74, 6) is 1.41. The monoisotopic (exact) mass is 383 g/mol. The van der Waals surface area contributed by atoms with Crippen molar-refractivity contribution in [3.05, 3.63) is 35.7 Å². The minimum atomic E-state index is -4.38. The van der Waals surface area contributed by atoms with E-state index in [1.807, 2.05) is 4.90 Å². The fraction of sp³-hybridized carbons (Fsp3) is 0.471. The van der Waals surface area contributed by atoms with E-state index >= 15 is 0 Å². The molecule has 0 aromatic carbocycles. The van der Waals surface area contributed by atoms with Gasteiger partial charge in [0.05, 0.1) is 5.56 Å². The molecule has 3 rings (SSSR count). The lowest BCUT2D eigenvalue weighted by molar-refractivity contribution is -0.137. The number of piperazine rings is 1. The van der Waals surface area contributed by atoms with E-state index in [-0.39, 0.29) is 5.91 Å². The molecular formula is C17H20F3N5O2. The minimum Gasteiger partial charge on any atom is -0.360 e. The fourth-order valence-electron chi connectivity index (χ4n) is 2.83. The summed E-state index contributed by atoms with van der Waals surface area (Å²) in [4.78, 5) is 19.9. The molecule has 0 radical (unpaired) electrons. The van der Waals surface area contributed by atoms with E-state index in [2.05, 4.69) is 20.4 Å². The molecule has 0 atom stereocenters. The summed E-state index contributed by atoms with van der Waals surface area (Å²) in [5, 5.41) is 6.38. The molecule has 146 valence electrons. The topological polar surface area (TPSA) is 74.5 Å². The van der Waals surface area contributed by atoms with Gasteiger partial charge in [0.25, 0.3) is 0 Å². The van der Waals surface area contributed by atoms with Crippen LogP contribution in [0.3, 0.4) is 0 Å². The van der Waals surface area contributed by atoms with E-state index in [1.54, 1.807) is 13.0 Å². The average molecular weight is 383 g/mol. The highest BCUT2D eigenvalue weighted by molar-refractivity contribution is 5.89. The number of nitrogens with one attached hydrogen (secondary N) is 1. The highest BCUT2D eigenvalue weighted by atomic mass is 19.4. The number of rotatable bonds is 5. The number of aromatic nitrogens is 2. The molecule has 2 aromatic heterocycles. The molecule has 2 aromatic rings. The molecule has 27 heavy (non-hydrogen) atoms. The lowest BCUT2D eigenvalue weighted by Crippen LogP contribution is -2.47. The van der Waals surface area contributed by atoms with Crippen molar-refractivity contribution in [1.29, 1.82) is 0 Å². The minimum absolute atomic E-state index is 0.143.